The van der Waals surface area contributed by atoms with Crippen molar-refractivity contribution in [2.24, 2.45) is 0 Å². The molecule has 2 aromatic carbocycles. The van der Waals surface area contributed by atoms with Crippen molar-refractivity contribution in [1.29, 1.82) is 0 Å². The van der Waals surface area contributed by atoms with Gasteiger partial charge in [0, 0.05) is 23.6 Å². The molecule has 4 rings (SSSR count). The SMILES string of the molecule is CC(=O)Nc1ccc(Cl)c(NC(=O)Cc2coc3cc4c(cc23)CCC4)c1. The topological polar surface area (TPSA) is 71.3 Å². The van der Waals surface area contributed by atoms with E-state index in [1.807, 2.05) is 0 Å². The number of anilines is 2. The van der Waals surface area contributed by atoms with E-state index in [-0.39, 0.29) is 18.2 Å². The maximum atomic E-state index is 12.5. The molecule has 0 bridgehead atoms. The van der Waals surface area contributed by atoms with E-state index in [0.29, 0.717) is 16.4 Å². The molecule has 6 heteroatoms. The van der Waals surface area contributed by atoms with Crippen LogP contribution in [0.3, 0.4) is 0 Å². The lowest BCUT2D eigenvalue weighted by Gasteiger charge is -2.10. The van der Waals surface area contributed by atoms with Crippen LogP contribution in [0.25, 0.3) is 11.0 Å². The Bertz CT molecular complexity index is 1060. The van der Waals surface area contributed by atoms with Crippen molar-refractivity contribution < 1.29 is 14.0 Å². The summed E-state index contributed by atoms with van der Waals surface area (Å²) in [5, 5.41) is 6.89. The van der Waals surface area contributed by atoms with Gasteiger partial charge in [-0.15, -0.1) is 0 Å². The molecule has 0 saturated carbocycles. The summed E-state index contributed by atoms with van der Waals surface area (Å²) in [6.07, 6.45) is 5.17. The van der Waals surface area contributed by atoms with Crippen LogP contribution < -0.4 is 10.6 Å². The number of fused-ring (bicyclic) bond motifs is 2. The Balaban J connectivity index is 1.53. The van der Waals surface area contributed by atoms with Gasteiger partial charge in [-0.3, -0.25) is 9.59 Å². The first-order valence-corrected chi connectivity index (χ1v) is 9.26. The molecule has 27 heavy (non-hydrogen) atoms. The Hall–Kier alpha value is -2.79. The van der Waals surface area contributed by atoms with Gasteiger partial charge in [-0.1, -0.05) is 11.6 Å². The normalized spacial score (nSPS) is 12.8. The van der Waals surface area contributed by atoms with E-state index in [4.69, 9.17) is 16.0 Å². The second-order valence-corrected chi connectivity index (χ2v) is 7.24. The molecule has 1 aliphatic carbocycles. The molecule has 1 aromatic heterocycles. The van der Waals surface area contributed by atoms with Crippen molar-refractivity contribution in [3.05, 3.63) is 58.3 Å². The lowest BCUT2D eigenvalue weighted by molar-refractivity contribution is -0.115. The minimum absolute atomic E-state index is 0.187. The molecule has 0 saturated heterocycles. The molecule has 0 atom stereocenters. The van der Waals surface area contributed by atoms with Crippen LogP contribution >= 0.6 is 11.6 Å². The van der Waals surface area contributed by atoms with Gasteiger partial charge in [-0.05, 0) is 60.7 Å². The lowest BCUT2D eigenvalue weighted by atomic mass is 10.0. The molecular formula is C21H19ClN2O3. The van der Waals surface area contributed by atoms with Gasteiger partial charge in [0.05, 0.1) is 23.4 Å². The number of rotatable bonds is 4. The fourth-order valence-corrected chi connectivity index (χ4v) is 3.72. The van der Waals surface area contributed by atoms with Crippen molar-refractivity contribution >= 4 is 45.8 Å². The second kappa shape index (κ2) is 7.08. The number of nitrogens with one attached hydrogen (secondary N) is 2. The minimum Gasteiger partial charge on any atom is -0.464 e. The molecule has 1 heterocycles. The Kier molecular flexibility index (Phi) is 4.62. The summed E-state index contributed by atoms with van der Waals surface area (Å²) in [6, 6.07) is 9.20. The zero-order valence-corrected chi connectivity index (χ0v) is 15.7. The second-order valence-electron chi connectivity index (χ2n) is 6.83. The number of carbonyl (C=O) groups is 2. The Morgan fingerprint density at radius 3 is 2.67 bits per heavy atom. The van der Waals surface area contributed by atoms with Crippen LogP contribution in [0.1, 0.15) is 30.0 Å². The van der Waals surface area contributed by atoms with Gasteiger partial charge in [0.25, 0.3) is 0 Å². The average Bonchev–Trinajstić information content (AvgIpc) is 3.22. The minimum atomic E-state index is -0.194. The number of aryl methyl sites for hydroxylation is 2. The number of furan rings is 1. The summed E-state index contributed by atoms with van der Waals surface area (Å²) in [6.45, 7) is 1.42. The fraction of sp³-hybridized carbons (Fsp3) is 0.238. The largest absolute Gasteiger partial charge is 0.464 e. The molecule has 0 unspecified atom stereocenters. The van der Waals surface area contributed by atoms with E-state index in [1.54, 1.807) is 24.5 Å². The maximum Gasteiger partial charge on any atom is 0.228 e. The highest BCUT2D eigenvalue weighted by Crippen LogP contribution is 2.31. The highest BCUT2D eigenvalue weighted by molar-refractivity contribution is 6.33. The molecule has 0 spiro atoms. The summed E-state index contributed by atoms with van der Waals surface area (Å²) < 4.78 is 5.66. The van der Waals surface area contributed by atoms with E-state index in [2.05, 4.69) is 22.8 Å². The van der Waals surface area contributed by atoms with Crippen molar-refractivity contribution in [3.63, 3.8) is 0 Å². The van der Waals surface area contributed by atoms with Gasteiger partial charge in [0.15, 0.2) is 0 Å². The first-order valence-electron chi connectivity index (χ1n) is 8.88. The van der Waals surface area contributed by atoms with Crippen LogP contribution in [0, 0.1) is 0 Å². The zero-order valence-electron chi connectivity index (χ0n) is 14.9. The van der Waals surface area contributed by atoms with E-state index >= 15 is 0 Å². The average molecular weight is 383 g/mol. The summed E-state index contributed by atoms with van der Waals surface area (Å²) in [5.74, 6) is -0.382. The quantitative estimate of drug-likeness (QED) is 0.686. The van der Waals surface area contributed by atoms with Gasteiger partial charge < -0.3 is 15.1 Å². The lowest BCUT2D eigenvalue weighted by Crippen LogP contribution is -2.15. The highest BCUT2D eigenvalue weighted by atomic mass is 35.5. The monoisotopic (exact) mass is 382 g/mol. The highest BCUT2D eigenvalue weighted by Gasteiger charge is 2.17. The molecule has 2 amide bonds. The Labute approximate surface area is 161 Å². The van der Waals surface area contributed by atoms with E-state index < -0.39 is 0 Å². The van der Waals surface area contributed by atoms with Gasteiger partial charge in [-0.25, -0.2) is 0 Å². The third kappa shape index (κ3) is 3.69. The summed E-state index contributed by atoms with van der Waals surface area (Å²) >= 11 is 6.17. The first-order chi connectivity index (χ1) is 13.0. The molecule has 1 aliphatic rings. The maximum absolute atomic E-state index is 12.5. The molecule has 3 aromatic rings. The molecule has 0 radical (unpaired) electrons. The van der Waals surface area contributed by atoms with Gasteiger partial charge in [-0.2, -0.15) is 0 Å². The number of halogens is 1. The van der Waals surface area contributed by atoms with Crippen molar-refractivity contribution in [2.45, 2.75) is 32.6 Å². The zero-order chi connectivity index (χ0) is 19.0. The standard InChI is InChI=1S/C21H19ClN2O3/c1-12(25)23-16-5-6-18(22)19(10-16)24-21(26)9-15-11-27-20-8-14-4-2-3-13(14)7-17(15)20/h5-8,10-11H,2-4,9H2,1H3,(H,23,25)(H,24,26). The fourth-order valence-electron chi connectivity index (χ4n) is 3.55. The van der Waals surface area contributed by atoms with E-state index in [9.17, 15) is 9.59 Å². The smallest absolute Gasteiger partial charge is 0.228 e. The van der Waals surface area contributed by atoms with Crippen molar-refractivity contribution in [1.82, 2.24) is 0 Å². The predicted octanol–water partition coefficient (Wildman–Crippen LogP) is 4.71. The molecule has 0 fully saturated rings. The van der Waals surface area contributed by atoms with Crippen LogP contribution in [0.4, 0.5) is 11.4 Å². The summed E-state index contributed by atoms with van der Waals surface area (Å²) in [7, 11) is 0. The molecular weight excluding hydrogens is 364 g/mol. The van der Waals surface area contributed by atoms with Gasteiger partial charge in [0.2, 0.25) is 11.8 Å². The number of benzene rings is 2. The van der Waals surface area contributed by atoms with Crippen molar-refractivity contribution in [2.75, 3.05) is 10.6 Å². The van der Waals surface area contributed by atoms with Gasteiger partial charge >= 0.3 is 0 Å². The number of amides is 2. The van der Waals surface area contributed by atoms with Crippen molar-refractivity contribution in [3.8, 4) is 0 Å². The third-order valence-electron chi connectivity index (χ3n) is 4.78. The molecule has 5 nitrogen and oxygen atoms in total. The van der Waals surface area contributed by atoms with E-state index in [1.165, 1.54) is 24.5 Å². The first kappa shape index (κ1) is 17.6. The van der Waals surface area contributed by atoms with Crippen LogP contribution in [0.5, 0.6) is 0 Å². The van der Waals surface area contributed by atoms with Gasteiger partial charge in [0.1, 0.15) is 5.58 Å². The Morgan fingerprint density at radius 2 is 1.89 bits per heavy atom. The number of carbonyl (C=O) groups excluding carboxylic acids is 2. The number of hydrogen-bond donors (Lipinski definition) is 2. The number of hydrogen-bond acceptors (Lipinski definition) is 3. The van der Waals surface area contributed by atoms with Crippen LogP contribution in [0.15, 0.2) is 41.0 Å². The molecule has 2 N–H and O–H groups in total. The van der Waals surface area contributed by atoms with Crippen LogP contribution in [-0.2, 0) is 28.9 Å². The summed E-state index contributed by atoms with van der Waals surface area (Å²) in [4.78, 5) is 23.8. The molecule has 0 aliphatic heterocycles. The van der Waals surface area contributed by atoms with Crippen LogP contribution in [-0.4, -0.2) is 11.8 Å². The molecule has 138 valence electrons. The third-order valence-corrected chi connectivity index (χ3v) is 5.11. The van der Waals surface area contributed by atoms with Crippen LogP contribution in [0.2, 0.25) is 5.02 Å². The Morgan fingerprint density at radius 1 is 1.11 bits per heavy atom. The van der Waals surface area contributed by atoms with E-state index in [0.717, 1.165) is 29.4 Å². The predicted molar refractivity (Wildman–Crippen MR) is 106 cm³/mol. The summed E-state index contributed by atoms with van der Waals surface area (Å²) in [5.41, 5.74) is 5.40.